The van der Waals surface area contributed by atoms with E-state index < -0.39 is 0 Å². The molecule has 2 rings (SSSR count). The molecular weight excluding hydrogens is 258 g/mol. The van der Waals surface area contributed by atoms with Gasteiger partial charge in [-0.2, -0.15) is 4.98 Å². The van der Waals surface area contributed by atoms with Crippen LogP contribution in [0.1, 0.15) is 24.8 Å². The van der Waals surface area contributed by atoms with Gasteiger partial charge in [-0.15, -0.1) is 0 Å². The number of nitrogens with zero attached hydrogens (tertiary/aromatic N) is 3. The van der Waals surface area contributed by atoms with Crippen LogP contribution in [0.15, 0.2) is 0 Å². The van der Waals surface area contributed by atoms with Crippen molar-refractivity contribution in [2.45, 2.75) is 18.9 Å². The van der Waals surface area contributed by atoms with E-state index in [2.05, 4.69) is 20.2 Å². The van der Waals surface area contributed by atoms with Crippen LogP contribution in [0.3, 0.4) is 0 Å². The van der Waals surface area contributed by atoms with E-state index in [1.54, 1.807) is 7.11 Å². The van der Waals surface area contributed by atoms with Crippen molar-refractivity contribution >= 4 is 11.5 Å². The molecular formula is C13H23N5O2. The molecule has 1 aromatic heterocycles. The minimum absolute atomic E-state index is 0.0566. The minimum atomic E-state index is -0.0566. The summed E-state index contributed by atoms with van der Waals surface area (Å²) < 4.78 is 10.8. The Hall–Kier alpha value is -1.60. The van der Waals surface area contributed by atoms with E-state index in [1.165, 1.54) is 0 Å². The molecule has 7 heteroatoms. The van der Waals surface area contributed by atoms with Gasteiger partial charge in [-0.1, -0.05) is 0 Å². The maximum absolute atomic E-state index is 6.01. The van der Waals surface area contributed by atoms with Gasteiger partial charge >= 0.3 is 0 Å². The molecule has 2 heterocycles. The van der Waals surface area contributed by atoms with E-state index in [9.17, 15) is 0 Å². The summed E-state index contributed by atoms with van der Waals surface area (Å²) in [5, 5.41) is 3.23. The highest BCUT2D eigenvalue weighted by Gasteiger charge is 2.23. The van der Waals surface area contributed by atoms with Crippen LogP contribution < -0.4 is 15.8 Å². The number of hydrogen-bond donors (Lipinski definition) is 2. The average molecular weight is 281 g/mol. The summed E-state index contributed by atoms with van der Waals surface area (Å²) in [6.07, 6.45) is 1.91. The lowest BCUT2D eigenvalue weighted by Crippen LogP contribution is -2.22. The highest BCUT2D eigenvalue weighted by Crippen LogP contribution is 2.32. The molecule has 7 nitrogen and oxygen atoms in total. The van der Waals surface area contributed by atoms with Crippen molar-refractivity contribution in [3.63, 3.8) is 0 Å². The van der Waals surface area contributed by atoms with Gasteiger partial charge in [0.2, 0.25) is 5.88 Å². The standard InChI is InChI=1S/C13H23N5O2/c1-18(2)7-6-15-12-10(14)13(19-3)17-11(16-12)9-5-4-8-20-9/h9H,4-8,14H2,1-3H3,(H,15,16,17). The predicted octanol–water partition coefficient (Wildman–Crippen LogP) is 0.892. The monoisotopic (exact) mass is 281 g/mol. The van der Waals surface area contributed by atoms with Crippen LogP contribution in [-0.2, 0) is 4.74 Å². The summed E-state index contributed by atoms with van der Waals surface area (Å²) in [7, 11) is 5.59. The molecule has 0 amide bonds. The van der Waals surface area contributed by atoms with Crippen LogP contribution in [0.25, 0.3) is 0 Å². The Labute approximate surface area is 119 Å². The number of nitrogens with one attached hydrogen (secondary N) is 1. The molecule has 0 spiro atoms. The second-order valence-corrected chi connectivity index (χ2v) is 5.09. The lowest BCUT2D eigenvalue weighted by molar-refractivity contribution is 0.104. The molecule has 0 saturated carbocycles. The highest BCUT2D eigenvalue weighted by molar-refractivity contribution is 5.67. The Morgan fingerprint density at radius 3 is 2.85 bits per heavy atom. The van der Waals surface area contributed by atoms with Gasteiger partial charge in [-0.3, -0.25) is 0 Å². The van der Waals surface area contributed by atoms with Gasteiger partial charge in [0.15, 0.2) is 11.6 Å². The Morgan fingerprint density at radius 2 is 2.25 bits per heavy atom. The summed E-state index contributed by atoms with van der Waals surface area (Å²) in [5.41, 5.74) is 6.45. The number of ether oxygens (including phenoxy) is 2. The second-order valence-electron chi connectivity index (χ2n) is 5.09. The molecule has 1 atom stereocenters. The largest absolute Gasteiger partial charge is 0.479 e. The van der Waals surface area contributed by atoms with Crippen molar-refractivity contribution < 1.29 is 9.47 Å². The lowest BCUT2D eigenvalue weighted by atomic mass is 10.2. The molecule has 0 aromatic carbocycles. The van der Waals surface area contributed by atoms with Crippen molar-refractivity contribution in [2.75, 3.05) is 52.0 Å². The van der Waals surface area contributed by atoms with Crippen molar-refractivity contribution in [1.82, 2.24) is 14.9 Å². The zero-order valence-electron chi connectivity index (χ0n) is 12.3. The lowest BCUT2D eigenvalue weighted by Gasteiger charge is -2.16. The molecule has 0 aliphatic carbocycles. The van der Waals surface area contributed by atoms with E-state index in [0.717, 1.165) is 32.5 Å². The van der Waals surface area contributed by atoms with Gasteiger partial charge in [0.25, 0.3) is 0 Å². The van der Waals surface area contributed by atoms with E-state index in [1.807, 2.05) is 14.1 Å². The number of nitrogens with two attached hydrogens (primary N) is 1. The number of nitrogen functional groups attached to an aromatic ring is 1. The minimum Gasteiger partial charge on any atom is -0.479 e. The average Bonchev–Trinajstić information content (AvgIpc) is 2.94. The highest BCUT2D eigenvalue weighted by atomic mass is 16.5. The topological polar surface area (TPSA) is 85.5 Å². The van der Waals surface area contributed by atoms with E-state index in [4.69, 9.17) is 15.2 Å². The first-order chi connectivity index (χ1) is 9.61. The van der Waals surface area contributed by atoms with Crippen LogP contribution in [0.5, 0.6) is 5.88 Å². The third-order valence-electron chi connectivity index (χ3n) is 3.19. The Balaban J connectivity index is 2.17. The molecule has 1 fully saturated rings. The summed E-state index contributed by atoms with van der Waals surface area (Å²) in [6.45, 7) is 2.40. The zero-order chi connectivity index (χ0) is 14.5. The summed E-state index contributed by atoms with van der Waals surface area (Å²) in [6, 6.07) is 0. The summed E-state index contributed by atoms with van der Waals surface area (Å²) in [4.78, 5) is 10.9. The fourth-order valence-electron chi connectivity index (χ4n) is 2.08. The number of hydrogen-bond acceptors (Lipinski definition) is 7. The Morgan fingerprint density at radius 1 is 1.45 bits per heavy atom. The molecule has 112 valence electrons. The van der Waals surface area contributed by atoms with Crippen molar-refractivity contribution in [3.8, 4) is 5.88 Å². The molecule has 0 bridgehead atoms. The van der Waals surface area contributed by atoms with Crippen LogP contribution in [0.4, 0.5) is 11.5 Å². The molecule has 20 heavy (non-hydrogen) atoms. The second kappa shape index (κ2) is 6.71. The molecule has 1 saturated heterocycles. The number of anilines is 2. The normalized spacial score (nSPS) is 18.5. The predicted molar refractivity (Wildman–Crippen MR) is 78.0 cm³/mol. The van der Waals surface area contributed by atoms with E-state index in [0.29, 0.717) is 23.2 Å². The van der Waals surface area contributed by atoms with Gasteiger partial charge in [-0.25, -0.2) is 4.98 Å². The molecule has 0 radical (unpaired) electrons. The van der Waals surface area contributed by atoms with Crippen molar-refractivity contribution in [2.24, 2.45) is 0 Å². The van der Waals surface area contributed by atoms with Crippen LogP contribution in [0, 0.1) is 0 Å². The van der Waals surface area contributed by atoms with Crippen molar-refractivity contribution in [1.29, 1.82) is 0 Å². The third kappa shape index (κ3) is 3.49. The third-order valence-corrected chi connectivity index (χ3v) is 3.19. The zero-order valence-corrected chi connectivity index (χ0v) is 12.3. The quantitative estimate of drug-likeness (QED) is 0.801. The van der Waals surface area contributed by atoms with Crippen LogP contribution in [0.2, 0.25) is 0 Å². The molecule has 1 aromatic rings. The Bertz CT molecular complexity index is 447. The summed E-state index contributed by atoms with van der Waals surface area (Å²) >= 11 is 0. The molecule has 1 aliphatic heterocycles. The van der Waals surface area contributed by atoms with Gasteiger partial charge < -0.3 is 25.4 Å². The van der Waals surface area contributed by atoms with Crippen molar-refractivity contribution in [3.05, 3.63) is 5.82 Å². The SMILES string of the molecule is COc1nc(C2CCCO2)nc(NCCN(C)C)c1N. The first-order valence-electron chi connectivity index (χ1n) is 6.83. The molecule has 1 aliphatic rings. The first-order valence-corrected chi connectivity index (χ1v) is 6.83. The number of aromatic nitrogens is 2. The number of methoxy groups -OCH3 is 1. The number of likely N-dealkylation sites (N-methyl/N-ethyl adjacent to an activating group) is 1. The smallest absolute Gasteiger partial charge is 0.242 e. The van der Waals surface area contributed by atoms with Crippen LogP contribution >= 0.6 is 0 Å². The fourth-order valence-corrected chi connectivity index (χ4v) is 2.08. The van der Waals surface area contributed by atoms with Crippen LogP contribution in [-0.4, -0.2) is 55.8 Å². The number of rotatable bonds is 6. The maximum atomic E-state index is 6.01. The van der Waals surface area contributed by atoms with Gasteiger partial charge in [-0.05, 0) is 26.9 Å². The first kappa shape index (κ1) is 14.8. The molecule has 3 N–H and O–H groups in total. The van der Waals surface area contributed by atoms with E-state index >= 15 is 0 Å². The molecule has 1 unspecified atom stereocenters. The summed E-state index contributed by atoms with van der Waals surface area (Å²) in [5.74, 6) is 1.66. The Kier molecular flexibility index (Phi) is 4.97. The maximum Gasteiger partial charge on any atom is 0.242 e. The van der Waals surface area contributed by atoms with Gasteiger partial charge in [0, 0.05) is 19.7 Å². The van der Waals surface area contributed by atoms with Gasteiger partial charge in [0.1, 0.15) is 11.8 Å². The van der Waals surface area contributed by atoms with E-state index in [-0.39, 0.29) is 6.10 Å². The van der Waals surface area contributed by atoms with Gasteiger partial charge in [0.05, 0.1) is 7.11 Å². The fraction of sp³-hybridized carbons (Fsp3) is 0.692.